The normalized spacial score (nSPS) is 11.7. The van der Waals surface area contributed by atoms with Gasteiger partial charge >= 0.3 is 0 Å². The Morgan fingerprint density at radius 1 is 1.12 bits per heavy atom. The molecule has 0 saturated heterocycles. The number of hydrogen-bond donors (Lipinski definition) is 2. The molecule has 0 heterocycles. The molecule has 7 heteroatoms. The monoisotopic (exact) mass is 366 g/mol. The molecule has 0 spiro atoms. The molecule has 2 amide bonds. The molecule has 0 bridgehead atoms. The van der Waals surface area contributed by atoms with E-state index in [1.807, 2.05) is 0 Å². The average molecular weight is 367 g/mol. The van der Waals surface area contributed by atoms with Crippen LogP contribution in [0, 0.1) is 11.6 Å². The molecule has 0 fully saturated rings. The quantitative estimate of drug-likeness (QED) is 0.820. The van der Waals surface area contributed by atoms with Crippen molar-refractivity contribution in [2.24, 2.45) is 0 Å². The number of rotatable bonds is 6. The number of carbonyl (C=O) groups excluding carboxylic acids is 2. The summed E-state index contributed by atoms with van der Waals surface area (Å²) in [4.78, 5) is 23.8. The van der Waals surface area contributed by atoms with Gasteiger partial charge in [0.15, 0.2) is 0 Å². The van der Waals surface area contributed by atoms with E-state index in [1.54, 1.807) is 31.2 Å². The van der Waals surface area contributed by atoms with Crippen molar-refractivity contribution in [2.45, 2.75) is 19.4 Å². The van der Waals surface area contributed by atoms with Gasteiger partial charge in [-0.1, -0.05) is 11.6 Å². The molecule has 0 aliphatic carbocycles. The SMILES string of the molecule is CC(NC(=O)CCNC(=O)c1ccc(Cl)cc1)c1cc(F)ccc1F. The minimum Gasteiger partial charge on any atom is -0.352 e. The lowest BCUT2D eigenvalue weighted by Gasteiger charge is -2.15. The lowest BCUT2D eigenvalue weighted by atomic mass is 10.1. The molecule has 2 aromatic rings. The van der Waals surface area contributed by atoms with E-state index >= 15 is 0 Å². The molecule has 132 valence electrons. The summed E-state index contributed by atoms with van der Waals surface area (Å²) in [6.45, 7) is 1.67. The lowest BCUT2D eigenvalue weighted by molar-refractivity contribution is -0.121. The van der Waals surface area contributed by atoms with Crippen LogP contribution in [0.1, 0.15) is 35.3 Å². The van der Waals surface area contributed by atoms with E-state index in [2.05, 4.69) is 10.6 Å². The largest absolute Gasteiger partial charge is 0.352 e. The maximum Gasteiger partial charge on any atom is 0.251 e. The zero-order valence-electron chi connectivity index (χ0n) is 13.5. The molecule has 2 N–H and O–H groups in total. The molecular formula is C18H17ClF2N2O2. The van der Waals surface area contributed by atoms with E-state index in [0.29, 0.717) is 10.6 Å². The third-order valence-corrected chi connectivity index (χ3v) is 3.80. The van der Waals surface area contributed by atoms with Crippen LogP contribution < -0.4 is 10.6 Å². The Kier molecular flexibility index (Phi) is 6.47. The number of carbonyl (C=O) groups is 2. The summed E-state index contributed by atoms with van der Waals surface area (Å²) >= 11 is 5.75. The van der Waals surface area contributed by atoms with Crippen molar-refractivity contribution >= 4 is 23.4 Å². The van der Waals surface area contributed by atoms with Gasteiger partial charge in [-0.2, -0.15) is 0 Å². The molecule has 0 saturated carbocycles. The van der Waals surface area contributed by atoms with E-state index < -0.39 is 17.7 Å². The van der Waals surface area contributed by atoms with Gasteiger partial charge in [0.2, 0.25) is 5.91 Å². The molecule has 2 rings (SSSR count). The van der Waals surface area contributed by atoms with Crippen LogP contribution in [0.2, 0.25) is 5.02 Å². The number of hydrogen-bond acceptors (Lipinski definition) is 2. The molecule has 1 atom stereocenters. The molecule has 25 heavy (non-hydrogen) atoms. The van der Waals surface area contributed by atoms with Crippen LogP contribution in [0.15, 0.2) is 42.5 Å². The standard InChI is InChI=1S/C18H17ClF2N2O2/c1-11(15-10-14(20)6-7-16(15)21)23-17(24)8-9-22-18(25)12-2-4-13(19)5-3-12/h2-7,10-11H,8-9H2,1H3,(H,22,25)(H,23,24). The van der Waals surface area contributed by atoms with Crippen molar-refractivity contribution in [1.82, 2.24) is 10.6 Å². The first-order valence-corrected chi connectivity index (χ1v) is 8.02. The van der Waals surface area contributed by atoms with Gasteiger partial charge in [0.1, 0.15) is 11.6 Å². The summed E-state index contributed by atoms with van der Waals surface area (Å²) in [5.41, 5.74) is 0.499. The third kappa shape index (κ3) is 5.53. The van der Waals surface area contributed by atoms with Crippen molar-refractivity contribution in [3.05, 3.63) is 70.2 Å². The second-order valence-electron chi connectivity index (χ2n) is 5.47. The van der Waals surface area contributed by atoms with Crippen LogP contribution in [0.25, 0.3) is 0 Å². The van der Waals surface area contributed by atoms with Gasteiger partial charge in [-0.05, 0) is 49.4 Å². The molecule has 2 aromatic carbocycles. The summed E-state index contributed by atoms with van der Waals surface area (Å²) < 4.78 is 26.8. The Morgan fingerprint density at radius 3 is 2.48 bits per heavy atom. The first-order valence-electron chi connectivity index (χ1n) is 7.65. The first-order chi connectivity index (χ1) is 11.9. The zero-order chi connectivity index (χ0) is 18.4. The second kappa shape index (κ2) is 8.58. The van der Waals surface area contributed by atoms with Crippen LogP contribution in [-0.4, -0.2) is 18.4 Å². The predicted octanol–water partition coefficient (Wildman–Crippen LogP) is 3.62. The fourth-order valence-electron chi connectivity index (χ4n) is 2.23. The van der Waals surface area contributed by atoms with Crippen molar-refractivity contribution in [2.75, 3.05) is 6.54 Å². The fourth-order valence-corrected chi connectivity index (χ4v) is 2.36. The average Bonchev–Trinajstić information content (AvgIpc) is 2.57. The smallest absolute Gasteiger partial charge is 0.251 e. The van der Waals surface area contributed by atoms with Crippen LogP contribution in [0.4, 0.5) is 8.78 Å². The van der Waals surface area contributed by atoms with Gasteiger partial charge in [0.25, 0.3) is 5.91 Å². The number of benzene rings is 2. The molecule has 0 radical (unpaired) electrons. The van der Waals surface area contributed by atoms with E-state index in [4.69, 9.17) is 11.6 Å². The zero-order valence-corrected chi connectivity index (χ0v) is 14.2. The highest BCUT2D eigenvalue weighted by Crippen LogP contribution is 2.18. The molecule has 0 aromatic heterocycles. The number of nitrogens with one attached hydrogen (secondary N) is 2. The molecule has 0 aliphatic rings. The Hall–Kier alpha value is -2.47. The minimum absolute atomic E-state index is 0.0145. The summed E-state index contributed by atoms with van der Waals surface area (Å²) in [5.74, 6) is -1.88. The van der Waals surface area contributed by atoms with Crippen molar-refractivity contribution in [3.63, 3.8) is 0 Å². The Labute approximate surface area is 149 Å². The molecule has 1 unspecified atom stereocenters. The third-order valence-electron chi connectivity index (χ3n) is 3.55. The highest BCUT2D eigenvalue weighted by atomic mass is 35.5. The first kappa shape index (κ1) is 18.9. The van der Waals surface area contributed by atoms with E-state index in [0.717, 1.165) is 18.2 Å². The molecule has 4 nitrogen and oxygen atoms in total. The van der Waals surface area contributed by atoms with Crippen LogP contribution in [0.3, 0.4) is 0 Å². The summed E-state index contributed by atoms with van der Waals surface area (Å²) in [6, 6.07) is 8.73. The summed E-state index contributed by atoms with van der Waals surface area (Å²) in [6.07, 6.45) is 0.0145. The van der Waals surface area contributed by atoms with Crippen LogP contribution >= 0.6 is 11.6 Å². The van der Waals surface area contributed by atoms with Crippen molar-refractivity contribution < 1.29 is 18.4 Å². The van der Waals surface area contributed by atoms with E-state index in [9.17, 15) is 18.4 Å². The van der Waals surface area contributed by atoms with Gasteiger partial charge in [-0.3, -0.25) is 9.59 Å². The Balaban J connectivity index is 1.81. The molecule has 0 aliphatic heterocycles. The summed E-state index contributed by atoms with van der Waals surface area (Å²) in [7, 11) is 0. The number of halogens is 3. The van der Waals surface area contributed by atoms with Crippen molar-refractivity contribution in [3.8, 4) is 0 Å². The minimum atomic E-state index is -0.685. The van der Waals surface area contributed by atoms with Crippen LogP contribution in [0.5, 0.6) is 0 Å². The fraction of sp³-hybridized carbons (Fsp3) is 0.222. The Bertz CT molecular complexity index is 766. The van der Waals surface area contributed by atoms with Gasteiger partial charge < -0.3 is 10.6 Å². The topological polar surface area (TPSA) is 58.2 Å². The Morgan fingerprint density at radius 2 is 1.80 bits per heavy atom. The van der Waals surface area contributed by atoms with E-state index in [1.165, 1.54) is 0 Å². The summed E-state index contributed by atoms with van der Waals surface area (Å²) in [5, 5.41) is 5.70. The maximum atomic E-state index is 13.7. The maximum absolute atomic E-state index is 13.7. The lowest BCUT2D eigenvalue weighted by Crippen LogP contribution is -2.32. The van der Waals surface area contributed by atoms with Gasteiger partial charge in [0.05, 0.1) is 6.04 Å². The predicted molar refractivity (Wildman–Crippen MR) is 91.3 cm³/mol. The van der Waals surface area contributed by atoms with Crippen molar-refractivity contribution in [1.29, 1.82) is 0 Å². The van der Waals surface area contributed by atoms with Gasteiger partial charge in [-0.15, -0.1) is 0 Å². The van der Waals surface area contributed by atoms with Crippen LogP contribution in [-0.2, 0) is 4.79 Å². The van der Waals surface area contributed by atoms with E-state index in [-0.39, 0.29) is 30.3 Å². The highest BCUT2D eigenvalue weighted by Gasteiger charge is 2.15. The second-order valence-corrected chi connectivity index (χ2v) is 5.90. The van der Waals surface area contributed by atoms with Gasteiger partial charge in [-0.25, -0.2) is 8.78 Å². The number of amides is 2. The highest BCUT2D eigenvalue weighted by molar-refractivity contribution is 6.30. The van der Waals surface area contributed by atoms with Gasteiger partial charge in [0, 0.05) is 29.1 Å². The molecular weight excluding hydrogens is 350 g/mol.